The van der Waals surface area contributed by atoms with Gasteiger partial charge in [-0.1, -0.05) is 25.3 Å². The van der Waals surface area contributed by atoms with Crippen LogP contribution in [0.4, 0.5) is 0 Å². The van der Waals surface area contributed by atoms with Crippen molar-refractivity contribution in [3.63, 3.8) is 0 Å². The molecule has 0 spiro atoms. The van der Waals surface area contributed by atoms with Crippen molar-refractivity contribution in [1.29, 1.82) is 0 Å². The molecule has 0 bridgehead atoms. The number of carbonyl (C=O) groups is 1. The summed E-state index contributed by atoms with van der Waals surface area (Å²) in [5.41, 5.74) is 1.44. The Kier molecular flexibility index (Phi) is 8.48. The molecule has 1 aromatic rings. The number of hydrogen-bond donors (Lipinski definition) is 1. The normalized spacial score (nSPS) is 14.7. The Hall–Kier alpha value is -2.01. The highest BCUT2D eigenvalue weighted by Crippen LogP contribution is 2.33. The first kappa shape index (κ1) is 20.3. The van der Waals surface area contributed by atoms with Crippen molar-refractivity contribution < 1.29 is 19.0 Å². The van der Waals surface area contributed by atoms with E-state index in [1.54, 1.807) is 26.4 Å². The first-order chi connectivity index (χ1) is 12.7. The standard InChI is InChI=1S/C21H31NO4/c1-4-9-16-14-17(15-19(24-2)20(16)25-3)21(23)22-12-8-13-26-18-10-6-5-7-11-18/h4,14-15,18H,1,5-13H2,2-3H3,(H,22,23). The van der Waals surface area contributed by atoms with E-state index < -0.39 is 0 Å². The van der Waals surface area contributed by atoms with Gasteiger partial charge in [0.1, 0.15) is 0 Å². The smallest absolute Gasteiger partial charge is 0.251 e. The first-order valence-corrected chi connectivity index (χ1v) is 9.45. The van der Waals surface area contributed by atoms with Crippen molar-refractivity contribution in [2.75, 3.05) is 27.4 Å². The van der Waals surface area contributed by atoms with Gasteiger partial charge in [0.15, 0.2) is 11.5 Å². The zero-order chi connectivity index (χ0) is 18.8. The summed E-state index contributed by atoms with van der Waals surface area (Å²) in [5.74, 6) is 1.08. The van der Waals surface area contributed by atoms with Gasteiger partial charge in [0, 0.05) is 24.3 Å². The van der Waals surface area contributed by atoms with Gasteiger partial charge in [-0.2, -0.15) is 0 Å². The molecule has 1 aromatic carbocycles. The molecule has 1 aliphatic rings. The summed E-state index contributed by atoms with van der Waals surface area (Å²) in [6.45, 7) is 5.05. The Balaban J connectivity index is 1.85. The minimum absolute atomic E-state index is 0.117. The number of amides is 1. The lowest BCUT2D eigenvalue weighted by atomic mass is 9.98. The topological polar surface area (TPSA) is 56.8 Å². The molecule has 5 heteroatoms. The van der Waals surface area contributed by atoms with E-state index in [0.29, 0.717) is 42.7 Å². The number of methoxy groups -OCH3 is 2. The van der Waals surface area contributed by atoms with E-state index in [2.05, 4.69) is 11.9 Å². The fourth-order valence-corrected chi connectivity index (χ4v) is 3.34. The van der Waals surface area contributed by atoms with Crippen molar-refractivity contribution in [3.8, 4) is 11.5 Å². The maximum Gasteiger partial charge on any atom is 0.251 e. The van der Waals surface area contributed by atoms with Crippen molar-refractivity contribution in [3.05, 3.63) is 35.9 Å². The highest BCUT2D eigenvalue weighted by molar-refractivity contribution is 5.95. The van der Waals surface area contributed by atoms with Crippen LogP contribution in [0.25, 0.3) is 0 Å². The van der Waals surface area contributed by atoms with Gasteiger partial charge in [0.25, 0.3) is 5.91 Å². The Labute approximate surface area is 156 Å². The molecular weight excluding hydrogens is 330 g/mol. The number of carbonyl (C=O) groups excluding carboxylic acids is 1. The zero-order valence-corrected chi connectivity index (χ0v) is 16.0. The average molecular weight is 361 g/mol. The molecule has 1 aliphatic carbocycles. The second-order valence-corrected chi connectivity index (χ2v) is 6.60. The summed E-state index contributed by atoms with van der Waals surface area (Å²) in [5, 5.41) is 2.95. The van der Waals surface area contributed by atoms with E-state index >= 15 is 0 Å². The third-order valence-electron chi connectivity index (χ3n) is 4.69. The number of ether oxygens (including phenoxy) is 3. The van der Waals surface area contributed by atoms with Crippen LogP contribution in [0.1, 0.15) is 54.4 Å². The molecule has 1 amide bonds. The summed E-state index contributed by atoms with van der Waals surface area (Å²) in [6, 6.07) is 3.54. The largest absolute Gasteiger partial charge is 0.493 e. The molecule has 0 saturated heterocycles. The molecular formula is C21H31NO4. The molecule has 0 radical (unpaired) electrons. The third kappa shape index (κ3) is 5.77. The van der Waals surface area contributed by atoms with E-state index in [-0.39, 0.29) is 5.91 Å². The first-order valence-electron chi connectivity index (χ1n) is 9.45. The van der Waals surface area contributed by atoms with Crippen LogP contribution in [0, 0.1) is 0 Å². The molecule has 1 fully saturated rings. The van der Waals surface area contributed by atoms with Crippen LogP contribution in [0.5, 0.6) is 11.5 Å². The van der Waals surface area contributed by atoms with Gasteiger partial charge in [-0.05, 0) is 37.8 Å². The molecule has 0 heterocycles. The maximum atomic E-state index is 12.5. The van der Waals surface area contributed by atoms with Gasteiger partial charge < -0.3 is 19.5 Å². The number of benzene rings is 1. The molecule has 5 nitrogen and oxygen atoms in total. The van der Waals surface area contributed by atoms with Crippen molar-refractivity contribution >= 4 is 5.91 Å². The molecule has 144 valence electrons. The minimum Gasteiger partial charge on any atom is -0.493 e. The molecule has 0 aromatic heterocycles. The van der Waals surface area contributed by atoms with Crippen LogP contribution >= 0.6 is 0 Å². The minimum atomic E-state index is -0.117. The summed E-state index contributed by atoms with van der Waals surface area (Å²) in [7, 11) is 3.16. The summed E-state index contributed by atoms with van der Waals surface area (Å²) in [4.78, 5) is 12.5. The van der Waals surface area contributed by atoms with Gasteiger partial charge in [-0.3, -0.25) is 4.79 Å². The quantitative estimate of drug-likeness (QED) is 0.507. The van der Waals surface area contributed by atoms with Gasteiger partial charge in [-0.25, -0.2) is 0 Å². The van der Waals surface area contributed by atoms with E-state index in [0.717, 1.165) is 12.0 Å². The number of hydrogen-bond acceptors (Lipinski definition) is 4. The SMILES string of the molecule is C=CCc1cc(C(=O)NCCCOC2CCCCC2)cc(OC)c1OC. The number of rotatable bonds is 10. The number of allylic oxidation sites excluding steroid dienone is 1. The Morgan fingerprint density at radius 1 is 1.23 bits per heavy atom. The molecule has 0 unspecified atom stereocenters. The Morgan fingerprint density at radius 2 is 2.00 bits per heavy atom. The zero-order valence-electron chi connectivity index (χ0n) is 16.0. The lowest BCUT2D eigenvalue weighted by Gasteiger charge is -2.21. The predicted molar refractivity (Wildman–Crippen MR) is 103 cm³/mol. The van der Waals surface area contributed by atoms with Crippen molar-refractivity contribution in [2.24, 2.45) is 0 Å². The molecule has 1 N–H and O–H groups in total. The van der Waals surface area contributed by atoms with Crippen LogP contribution < -0.4 is 14.8 Å². The number of nitrogens with one attached hydrogen (secondary N) is 1. The summed E-state index contributed by atoms with van der Waals surface area (Å²) >= 11 is 0. The molecule has 26 heavy (non-hydrogen) atoms. The fraction of sp³-hybridized carbons (Fsp3) is 0.571. The highest BCUT2D eigenvalue weighted by Gasteiger charge is 2.16. The third-order valence-corrected chi connectivity index (χ3v) is 4.69. The molecule has 0 aliphatic heterocycles. The maximum absolute atomic E-state index is 12.5. The van der Waals surface area contributed by atoms with Crippen LogP contribution in [-0.4, -0.2) is 39.4 Å². The van der Waals surface area contributed by atoms with Gasteiger partial charge in [-0.15, -0.1) is 6.58 Å². The molecule has 1 saturated carbocycles. The summed E-state index contributed by atoms with van der Waals surface area (Å²) in [6.07, 6.45) is 9.82. The van der Waals surface area contributed by atoms with E-state index in [1.165, 1.54) is 32.1 Å². The highest BCUT2D eigenvalue weighted by atomic mass is 16.5. The Morgan fingerprint density at radius 3 is 2.65 bits per heavy atom. The second-order valence-electron chi connectivity index (χ2n) is 6.60. The Bertz CT molecular complexity index is 594. The average Bonchev–Trinajstić information content (AvgIpc) is 2.68. The second kappa shape index (κ2) is 10.9. The van der Waals surface area contributed by atoms with Crippen molar-refractivity contribution in [2.45, 2.75) is 51.0 Å². The van der Waals surface area contributed by atoms with Crippen LogP contribution in [0.15, 0.2) is 24.8 Å². The van der Waals surface area contributed by atoms with E-state index in [1.807, 2.05) is 6.07 Å². The van der Waals surface area contributed by atoms with Gasteiger partial charge in [0.2, 0.25) is 0 Å². The lowest BCUT2D eigenvalue weighted by molar-refractivity contribution is 0.0273. The van der Waals surface area contributed by atoms with E-state index in [4.69, 9.17) is 14.2 Å². The summed E-state index contributed by atoms with van der Waals surface area (Å²) < 4.78 is 16.7. The van der Waals surface area contributed by atoms with Crippen LogP contribution in [0.2, 0.25) is 0 Å². The van der Waals surface area contributed by atoms with Gasteiger partial charge >= 0.3 is 0 Å². The predicted octanol–water partition coefficient (Wildman–Crippen LogP) is 3.90. The molecule has 2 rings (SSSR count). The van der Waals surface area contributed by atoms with Crippen LogP contribution in [-0.2, 0) is 11.2 Å². The fourth-order valence-electron chi connectivity index (χ4n) is 3.34. The van der Waals surface area contributed by atoms with Crippen molar-refractivity contribution in [1.82, 2.24) is 5.32 Å². The van der Waals surface area contributed by atoms with Gasteiger partial charge in [0.05, 0.1) is 20.3 Å². The molecule has 0 atom stereocenters. The lowest BCUT2D eigenvalue weighted by Crippen LogP contribution is -2.26. The van der Waals surface area contributed by atoms with Crippen LogP contribution in [0.3, 0.4) is 0 Å². The van der Waals surface area contributed by atoms with E-state index in [9.17, 15) is 4.79 Å². The monoisotopic (exact) mass is 361 g/mol.